The molecule has 0 aliphatic carbocycles. The van der Waals surface area contributed by atoms with Crippen LogP contribution in [0.2, 0.25) is 0 Å². The average Bonchev–Trinajstić information content (AvgIpc) is 3.20. The number of carbonyl (C=O) groups excluding carboxylic acids is 3. The van der Waals surface area contributed by atoms with E-state index in [-0.39, 0.29) is 30.2 Å². The van der Waals surface area contributed by atoms with Crippen LogP contribution in [0.25, 0.3) is 0 Å². The lowest BCUT2D eigenvalue weighted by atomic mass is 10.1. The fraction of sp³-hybridized carbons (Fsp3) is 0.375. The van der Waals surface area contributed by atoms with E-state index in [0.717, 1.165) is 36.7 Å². The van der Waals surface area contributed by atoms with E-state index in [1.54, 1.807) is 36.7 Å². The Balaban J connectivity index is 1.31. The molecule has 4 rings (SSSR count). The second-order valence-corrected chi connectivity index (χ2v) is 9.37. The molecule has 1 saturated heterocycles. The van der Waals surface area contributed by atoms with Gasteiger partial charge in [0.25, 0.3) is 11.8 Å². The van der Waals surface area contributed by atoms with E-state index in [1.807, 2.05) is 19.1 Å². The summed E-state index contributed by atoms with van der Waals surface area (Å²) >= 11 is 1.37. The van der Waals surface area contributed by atoms with Crippen LogP contribution in [0.15, 0.2) is 53.8 Å². The molecule has 9 heteroatoms. The van der Waals surface area contributed by atoms with Crippen LogP contribution in [0, 0.1) is 0 Å². The maximum Gasteiger partial charge on any atom is 0.262 e. The van der Waals surface area contributed by atoms with Gasteiger partial charge in [-0.15, -0.1) is 0 Å². The van der Waals surface area contributed by atoms with Crippen molar-refractivity contribution in [2.75, 3.05) is 18.4 Å². The maximum atomic E-state index is 12.7. The highest BCUT2D eigenvalue weighted by molar-refractivity contribution is 8.15. The number of nitrogens with zero attached hydrogens (tertiary/aromatic N) is 3. The van der Waals surface area contributed by atoms with Crippen LogP contribution in [-0.2, 0) is 9.59 Å². The molecule has 2 aromatic rings. The Morgan fingerprint density at radius 2 is 2.00 bits per heavy atom. The fourth-order valence-electron chi connectivity index (χ4n) is 3.84. The Kier molecular flexibility index (Phi) is 7.39. The first-order valence-corrected chi connectivity index (χ1v) is 12.0. The number of aliphatic imine (C=N–C) groups is 1. The van der Waals surface area contributed by atoms with Crippen LogP contribution >= 0.6 is 11.8 Å². The van der Waals surface area contributed by atoms with E-state index in [4.69, 9.17) is 0 Å². The van der Waals surface area contributed by atoms with Crippen molar-refractivity contribution < 1.29 is 14.4 Å². The molecule has 1 aromatic carbocycles. The molecule has 2 atom stereocenters. The highest BCUT2D eigenvalue weighted by atomic mass is 32.2. The molecule has 0 bridgehead atoms. The molecule has 3 amide bonds. The third kappa shape index (κ3) is 5.98. The predicted octanol–water partition coefficient (Wildman–Crippen LogP) is 3.39. The zero-order valence-corrected chi connectivity index (χ0v) is 19.3. The van der Waals surface area contributed by atoms with Crippen LogP contribution in [0.1, 0.15) is 54.6 Å². The van der Waals surface area contributed by atoms with Crippen LogP contribution in [0.4, 0.5) is 5.69 Å². The summed E-state index contributed by atoms with van der Waals surface area (Å²) in [5, 5.41) is 5.97. The van der Waals surface area contributed by atoms with E-state index >= 15 is 0 Å². The van der Waals surface area contributed by atoms with Crippen LogP contribution in [0.3, 0.4) is 0 Å². The van der Waals surface area contributed by atoms with Crippen LogP contribution in [0.5, 0.6) is 0 Å². The van der Waals surface area contributed by atoms with Crippen molar-refractivity contribution in [2.45, 2.75) is 43.9 Å². The average molecular weight is 466 g/mol. The molecule has 1 aromatic heterocycles. The Hall–Kier alpha value is -3.20. The number of aromatic nitrogens is 1. The van der Waals surface area contributed by atoms with E-state index in [1.165, 1.54) is 18.2 Å². The molecule has 172 valence electrons. The van der Waals surface area contributed by atoms with Crippen LogP contribution < -0.4 is 10.6 Å². The SMILES string of the molecule is C[C@@H](NC(=O)c1cccc(NC(=O)C[C@H]2SC(N3CCCCC3)=NC2=O)c1)c1cccnc1. The lowest BCUT2D eigenvalue weighted by molar-refractivity contribution is -0.121. The lowest BCUT2D eigenvalue weighted by Crippen LogP contribution is -2.33. The zero-order chi connectivity index (χ0) is 23.2. The maximum absolute atomic E-state index is 12.7. The highest BCUT2D eigenvalue weighted by Crippen LogP contribution is 2.29. The minimum atomic E-state index is -0.506. The van der Waals surface area contributed by atoms with Gasteiger partial charge in [0, 0.05) is 43.2 Å². The summed E-state index contributed by atoms with van der Waals surface area (Å²) in [6, 6.07) is 10.3. The molecule has 0 spiro atoms. The lowest BCUT2D eigenvalue weighted by Gasteiger charge is -2.27. The Labute approximate surface area is 197 Å². The number of thioether (sulfide) groups is 1. The molecule has 33 heavy (non-hydrogen) atoms. The number of piperidine rings is 1. The Morgan fingerprint density at radius 1 is 1.18 bits per heavy atom. The minimum absolute atomic E-state index is 0.0405. The number of pyridine rings is 1. The van der Waals surface area contributed by atoms with Gasteiger partial charge in [-0.1, -0.05) is 23.9 Å². The van der Waals surface area contributed by atoms with Gasteiger partial charge in [0.2, 0.25) is 5.91 Å². The zero-order valence-electron chi connectivity index (χ0n) is 18.5. The summed E-state index contributed by atoms with van der Waals surface area (Å²) in [6.07, 6.45) is 6.84. The number of likely N-dealkylation sites (tertiary alicyclic amines) is 1. The number of hydrogen-bond donors (Lipinski definition) is 2. The highest BCUT2D eigenvalue weighted by Gasteiger charge is 2.33. The van der Waals surface area contributed by atoms with Crippen molar-refractivity contribution >= 4 is 40.3 Å². The van der Waals surface area contributed by atoms with Crippen LogP contribution in [-0.4, -0.2) is 51.1 Å². The first-order valence-electron chi connectivity index (χ1n) is 11.1. The van der Waals surface area contributed by atoms with Gasteiger partial charge in [-0.25, -0.2) is 0 Å². The summed E-state index contributed by atoms with van der Waals surface area (Å²) < 4.78 is 0. The van der Waals surface area contributed by atoms with E-state index in [0.29, 0.717) is 11.3 Å². The summed E-state index contributed by atoms with van der Waals surface area (Å²) in [4.78, 5) is 47.9. The third-order valence-electron chi connectivity index (χ3n) is 5.67. The van der Waals surface area contributed by atoms with Gasteiger partial charge in [0.05, 0.1) is 6.04 Å². The van der Waals surface area contributed by atoms with Crippen molar-refractivity contribution in [1.82, 2.24) is 15.2 Å². The first-order chi connectivity index (χ1) is 16.0. The van der Waals surface area contributed by atoms with Crippen molar-refractivity contribution in [3.8, 4) is 0 Å². The molecule has 2 N–H and O–H groups in total. The second kappa shape index (κ2) is 10.6. The predicted molar refractivity (Wildman–Crippen MR) is 129 cm³/mol. The molecule has 8 nitrogen and oxygen atoms in total. The van der Waals surface area contributed by atoms with Gasteiger partial charge < -0.3 is 15.5 Å². The fourth-order valence-corrected chi connectivity index (χ4v) is 4.96. The quantitative estimate of drug-likeness (QED) is 0.678. The number of benzene rings is 1. The number of amides is 3. The summed E-state index contributed by atoms with van der Waals surface area (Å²) in [6.45, 7) is 3.70. The third-order valence-corrected chi connectivity index (χ3v) is 6.88. The standard InChI is InChI=1S/C24H27N5O3S/c1-16(18-8-6-10-25-15-18)26-22(31)17-7-5-9-19(13-17)27-21(30)14-20-23(32)28-24(33-20)29-11-3-2-4-12-29/h5-10,13,15-16,20H,2-4,11-12,14H2,1H3,(H,26,31)(H,27,30)/t16-,20-/m1/s1. The van der Waals surface area contributed by atoms with Gasteiger partial charge in [-0.05, 0) is 56.0 Å². The van der Waals surface area contributed by atoms with Crippen molar-refractivity contribution in [3.05, 3.63) is 59.9 Å². The molecule has 2 aliphatic rings. The van der Waals surface area contributed by atoms with Gasteiger partial charge >= 0.3 is 0 Å². The Bertz CT molecular complexity index is 1050. The smallest absolute Gasteiger partial charge is 0.262 e. The number of rotatable bonds is 6. The van der Waals surface area contributed by atoms with E-state index < -0.39 is 5.25 Å². The number of amidine groups is 1. The normalized spacial score (nSPS) is 19.1. The summed E-state index contributed by atoms with van der Waals surface area (Å²) in [7, 11) is 0. The van der Waals surface area contributed by atoms with Gasteiger partial charge in [0.1, 0.15) is 5.25 Å². The largest absolute Gasteiger partial charge is 0.351 e. The molecular formula is C24H27N5O3S. The molecule has 1 fully saturated rings. The van der Waals surface area contributed by atoms with E-state index in [2.05, 4.69) is 25.5 Å². The summed E-state index contributed by atoms with van der Waals surface area (Å²) in [5.74, 6) is -0.783. The molecule has 0 saturated carbocycles. The van der Waals surface area contributed by atoms with Crippen molar-refractivity contribution in [1.29, 1.82) is 0 Å². The van der Waals surface area contributed by atoms with Gasteiger partial charge in [-0.2, -0.15) is 4.99 Å². The second-order valence-electron chi connectivity index (χ2n) is 8.20. The molecule has 3 heterocycles. The monoisotopic (exact) mass is 465 g/mol. The van der Waals surface area contributed by atoms with Gasteiger partial charge in [0.15, 0.2) is 5.17 Å². The number of anilines is 1. The van der Waals surface area contributed by atoms with Crippen molar-refractivity contribution in [2.24, 2.45) is 4.99 Å². The molecular weight excluding hydrogens is 438 g/mol. The summed E-state index contributed by atoms with van der Waals surface area (Å²) in [5.41, 5.74) is 1.85. The molecule has 2 aliphatic heterocycles. The number of hydrogen-bond acceptors (Lipinski definition) is 6. The first kappa shape index (κ1) is 23.0. The Morgan fingerprint density at radius 3 is 2.76 bits per heavy atom. The van der Waals surface area contributed by atoms with Gasteiger partial charge in [-0.3, -0.25) is 19.4 Å². The van der Waals surface area contributed by atoms with Crippen molar-refractivity contribution in [3.63, 3.8) is 0 Å². The molecule has 0 radical (unpaired) electrons. The topological polar surface area (TPSA) is 104 Å². The molecule has 0 unspecified atom stereocenters. The van der Waals surface area contributed by atoms with E-state index in [9.17, 15) is 14.4 Å². The number of nitrogens with one attached hydrogen (secondary N) is 2. The minimum Gasteiger partial charge on any atom is -0.351 e. The number of carbonyl (C=O) groups is 3.